The van der Waals surface area contributed by atoms with Crippen molar-refractivity contribution in [3.63, 3.8) is 0 Å². The minimum Gasteiger partial charge on any atom is -0.382 e. The summed E-state index contributed by atoms with van der Waals surface area (Å²) < 4.78 is 5.27. The van der Waals surface area contributed by atoms with Crippen LogP contribution in [0.1, 0.15) is 28.7 Å². The molecule has 0 atom stereocenters. The van der Waals surface area contributed by atoms with Crippen molar-refractivity contribution in [2.75, 3.05) is 39.9 Å². The van der Waals surface area contributed by atoms with E-state index in [0.717, 1.165) is 37.8 Å². The number of hydrogen-bond acceptors (Lipinski definition) is 5. The van der Waals surface area contributed by atoms with E-state index in [-0.39, 0.29) is 29.9 Å². The van der Waals surface area contributed by atoms with Crippen LogP contribution in [0.3, 0.4) is 0 Å². The van der Waals surface area contributed by atoms with Gasteiger partial charge < -0.3 is 20.7 Å². The molecule has 132 valence electrons. The highest BCUT2D eigenvalue weighted by atomic mass is 127. The first-order valence-corrected chi connectivity index (χ1v) is 8.27. The summed E-state index contributed by atoms with van der Waals surface area (Å²) in [6.45, 7) is 7.22. The average molecular weight is 455 g/mol. The molecule has 0 unspecified atom stereocenters. The van der Waals surface area contributed by atoms with Crippen LogP contribution < -0.4 is 16.0 Å². The van der Waals surface area contributed by atoms with E-state index in [1.807, 2.05) is 13.8 Å². The molecule has 0 aliphatic rings. The number of amides is 1. The third-order valence-corrected chi connectivity index (χ3v) is 3.77. The van der Waals surface area contributed by atoms with Gasteiger partial charge in [0.1, 0.15) is 4.88 Å². The van der Waals surface area contributed by atoms with Gasteiger partial charge in [-0.1, -0.05) is 0 Å². The minimum absolute atomic E-state index is 0. The molecule has 0 aliphatic heterocycles. The van der Waals surface area contributed by atoms with Crippen molar-refractivity contribution in [2.45, 2.75) is 20.3 Å². The smallest absolute Gasteiger partial charge is 0.263 e. The Hall–Kier alpha value is -0.940. The van der Waals surface area contributed by atoms with E-state index in [9.17, 15) is 4.79 Å². The lowest BCUT2D eigenvalue weighted by Crippen LogP contribution is -2.42. The van der Waals surface area contributed by atoms with Gasteiger partial charge in [-0.25, -0.2) is 4.98 Å². The van der Waals surface area contributed by atoms with Gasteiger partial charge in [0.2, 0.25) is 0 Å². The molecule has 1 heterocycles. The molecule has 1 aromatic heterocycles. The molecule has 0 aromatic carbocycles. The molecule has 1 aromatic rings. The van der Waals surface area contributed by atoms with E-state index in [0.29, 0.717) is 18.0 Å². The molecular formula is C14H26IN5O2S. The maximum atomic E-state index is 11.9. The highest BCUT2D eigenvalue weighted by molar-refractivity contribution is 14.0. The van der Waals surface area contributed by atoms with Gasteiger partial charge in [-0.15, -0.1) is 35.3 Å². The van der Waals surface area contributed by atoms with Crippen LogP contribution >= 0.6 is 35.3 Å². The number of hydrogen-bond donors (Lipinski definition) is 3. The lowest BCUT2D eigenvalue weighted by molar-refractivity contribution is 0.0957. The number of halogens is 1. The zero-order valence-electron chi connectivity index (χ0n) is 13.8. The Morgan fingerprint density at radius 3 is 2.61 bits per heavy atom. The summed E-state index contributed by atoms with van der Waals surface area (Å²) in [6.07, 6.45) is 0.927. The first-order chi connectivity index (χ1) is 10.7. The molecule has 3 N–H and O–H groups in total. The molecule has 23 heavy (non-hydrogen) atoms. The van der Waals surface area contributed by atoms with Crippen LogP contribution in [-0.4, -0.2) is 56.7 Å². The molecule has 7 nitrogen and oxygen atoms in total. The van der Waals surface area contributed by atoms with Gasteiger partial charge in [-0.3, -0.25) is 9.79 Å². The van der Waals surface area contributed by atoms with E-state index in [1.54, 1.807) is 12.6 Å². The Kier molecular flexibility index (Phi) is 12.9. The Morgan fingerprint density at radius 2 is 2.00 bits per heavy atom. The summed E-state index contributed by atoms with van der Waals surface area (Å²) in [4.78, 5) is 20.7. The maximum Gasteiger partial charge on any atom is 0.263 e. The fourth-order valence-corrected chi connectivity index (χ4v) is 2.42. The second-order valence-corrected chi connectivity index (χ2v) is 5.35. The second kappa shape index (κ2) is 13.5. The minimum atomic E-state index is -0.0820. The van der Waals surface area contributed by atoms with E-state index >= 15 is 0 Å². The monoisotopic (exact) mass is 455 g/mol. The first-order valence-electron chi connectivity index (χ1n) is 7.39. The molecule has 0 aliphatic carbocycles. The number of thiazole rings is 1. The van der Waals surface area contributed by atoms with Crippen LogP contribution in [0.15, 0.2) is 10.5 Å². The summed E-state index contributed by atoms with van der Waals surface area (Å²) in [5, 5.41) is 9.19. The largest absolute Gasteiger partial charge is 0.382 e. The van der Waals surface area contributed by atoms with E-state index < -0.39 is 0 Å². The third-order valence-electron chi connectivity index (χ3n) is 2.84. The molecule has 0 saturated carbocycles. The molecule has 0 spiro atoms. The standard InChI is InChI=1S/C14H25N5O2S.HI/c1-4-21-9-5-6-17-14(15-3)18-8-7-16-13(20)12-11(2)19-10-22-12;/h10H,4-9H2,1-3H3,(H,16,20)(H2,15,17,18);1H. The van der Waals surface area contributed by atoms with Crippen molar-refractivity contribution in [1.29, 1.82) is 0 Å². The van der Waals surface area contributed by atoms with Crippen LogP contribution in [-0.2, 0) is 4.74 Å². The fraction of sp³-hybridized carbons (Fsp3) is 0.643. The molecule has 9 heteroatoms. The van der Waals surface area contributed by atoms with Crippen molar-refractivity contribution >= 4 is 47.2 Å². The summed E-state index contributed by atoms with van der Waals surface area (Å²) in [5.74, 6) is 0.640. The summed E-state index contributed by atoms with van der Waals surface area (Å²) >= 11 is 1.35. The van der Waals surface area contributed by atoms with Crippen LogP contribution in [0.4, 0.5) is 0 Å². The molecule has 0 bridgehead atoms. The first kappa shape index (κ1) is 22.1. The predicted molar refractivity (Wildman–Crippen MR) is 105 cm³/mol. The number of guanidine groups is 1. The van der Waals surface area contributed by atoms with Crippen molar-refractivity contribution in [3.05, 3.63) is 16.1 Å². The lowest BCUT2D eigenvalue weighted by atomic mass is 10.4. The normalized spacial score (nSPS) is 10.8. The second-order valence-electron chi connectivity index (χ2n) is 4.50. The van der Waals surface area contributed by atoms with Gasteiger partial charge in [0.25, 0.3) is 5.91 Å². The number of aromatic nitrogens is 1. The molecule has 0 fully saturated rings. The fourth-order valence-electron chi connectivity index (χ4n) is 1.70. The third kappa shape index (κ3) is 9.06. The molecule has 0 radical (unpaired) electrons. The Morgan fingerprint density at radius 1 is 1.30 bits per heavy atom. The van der Waals surface area contributed by atoms with Crippen molar-refractivity contribution in [3.8, 4) is 0 Å². The van der Waals surface area contributed by atoms with Crippen molar-refractivity contribution in [1.82, 2.24) is 20.9 Å². The predicted octanol–water partition coefficient (Wildman–Crippen LogP) is 1.39. The van der Waals surface area contributed by atoms with Crippen LogP contribution in [0.25, 0.3) is 0 Å². The van der Waals surface area contributed by atoms with Crippen molar-refractivity contribution < 1.29 is 9.53 Å². The van der Waals surface area contributed by atoms with Crippen molar-refractivity contribution in [2.24, 2.45) is 4.99 Å². The van der Waals surface area contributed by atoms with Gasteiger partial charge in [-0.05, 0) is 20.3 Å². The Balaban J connectivity index is 0.00000484. The van der Waals surface area contributed by atoms with Crippen LogP contribution in [0.5, 0.6) is 0 Å². The Bertz CT molecular complexity index is 481. The topological polar surface area (TPSA) is 87.6 Å². The summed E-state index contributed by atoms with van der Waals surface area (Å²) in [7, 11) is 1.72. The molecule has 1 amide bonds. The number of carbonyl (C=O) groups is 1. The van der Waals surface area contributed by atoms with Crippen LogP contribution in [0, 0.1) is 6.92 Å². The number of rotatable bonds is 9. The van der Waals surface area contributed by atoms with Gasteiger partial charge in [0.05, 0.1) is 11.2 Å². The number of carbonyl (C=O) groups excluding carboxylic acids is 1. The zero-order chi connectivity index (χ0) is 16.2. The SMILES string of the molecule is CCOCCCNC(=NC)NCCNC(=O)c1scnc1C.I. The molecule has 0 saturated heterocycles. The highest BCUT2D eigenvalue weighted by Crippen LogP contribution is 2.10. The number of ether oxygens (including phenoxy) is 1. The van der Waals surface area contributed by atoms with E-state index in [4.69, 9.17) is 4.74 Å². The van der Waals surface area contributed by atoms with Gasteiger partial charge in [-0.2, -0.15) is 0 Å². The quantitative estimate of drug-likeness (QED) is 0.227. The van der Waals surface area contributed by atoms with E-state index in [2.05, 4.69) is 25.9 Å². The zero-order valence-corrected chi connectivity index (χ0v) is 17.0. The number of aryl methyl sites for hydroxylation is 1. The lowest BCUT2D eigenvalue weighted by Gasteiger charge is -2.12. The maximum absolute atomic E-state index is 11.9. The number of nitrogens with one attached hydrogen (secondary N) is 3. The van der Waals surface area contributed by atoms with E-state index in [1.165, 1.54) is 11.3 Å². The number of nitrogens with zero attached hydrogens (tertiary/aromatic N) is 2. The van der Waals surface area contributed by atoms with Gasteiger partial charge in [0.15, 0.2) is 5.96 Å². The van der Waals surface area contributed by atoms with Gasteiger partial charge in [0, 0.05) is 39.9 Å². The Labute approximate surface area is 158 Å². The molecule has 1 rings (SSSR count). The number of aliphatic imine (C=N–C) groups is 1. The highest BCUT2D eigenvalue weighted by Gasteiger charge is 2.10. The van der Waals surface area contributed by atoms with Crippen LogP contribution in [0.2, 0.25) is 0 Å². The summed E-state index contributed by atoms with van der Waals surface area (Å²) in [5.41, 5.74) is 2.44. The molecular weight excluding hydrogens is 429 g/mol. The summed E-state index contributed by atoms with van der Waals surface area (Å²) in [6, 6.07) is 0. The average Bonchev–Trinajstić information content (AvgIpc) is 2.95. The van der Waals surface area contributed by atoms with Gasteiger partial charge >= 0.3 is 0 Å².